The molecule has 0 N–H and O–H groups in total. The zero-order valence-corrected chi connectivity index (χ0v) is 12.5. The summed E-state index contributed by atoms with van der Waals surface area (Å²) in [5, 5.41) is 7.87. The number of ether oxygens (including phenoxy) is 2. The minimum atomic E-state index is -0.441. The minimum absolute atomic E-state index is 0.231. The van der Waals surface area contributed by atoms with E-state index in [0.717, 1.165) is 30.2 Å². The van der Waals surface area contributed by atoms with Gasteiger partial charge in [-0.15, -0.1) is 5.10 Å². The van der Waals surface area contributed by atoms with E-state index in [1.54, 1.807) is 11.8 Å². The van der Waals surface area contributed by atoms with Crippen molar-refractivity contribution in [2.45, 2.75) is 26.8 Å². The molecule has 0 bridgehead atoms. The Labute approximate surface area is 117 Å². The van der Waals surface area contributed by atoms with Crippen molar-refractivity contribution in [2.24, 2.45) is 0 Å². The fraction of sp³-hybridized carbons (Fsp3) is 0.750. The molecule has 0 aromatic carbocycles. The van der Waals surface area contributed by atoms with Crippen LogP contribution in [0, 0.1) is 6.92 Å². The van der Waals surface area contributed by atoms with E-state index in [1.165, 1.54) is 0 Å². The van der Waals surface area contributed by atoms with Gasteiger partial charge in [-0.25, -0.2) is 9.48 Å². The fourth-order valence-electron chi connectivity index (χ4n) is 1.51. The Bertz CT molecular complexity index is 396. The topological polar surface area (TPSA) is 66.2 Å². The molecule has 0 saturated heterocycles. The van der Waals surface area contributed by atoms with Crippen molar-refractivity contribution in [2.75, 3.05) is 31.8 Å². The minimum Gasteiger partial charge on any atom is -0.458 e. The molecule has 0 aliphatic heterocycles. The van der Waals surface area contributed by atoms with Crippen LogP contribution in [0.4, 0.5) is 0 Å². The molecule has 0 aliphatic carbocycles. The Morgan fingerprint density at radius 1 is 1.42 bits per heavy atom. The molecule has 108 valence electrons. The molecule has 6 nitrogen and oxygen atoms in total. The van der Waals surface area contributed by atoms with E-state index in [1.807, 2.05) is 18.7 Å². The van der Waals surface area contributed by atoms with Crippen LogP contribution in [0.1, 0.15) is 29.5 Å². The van der Waals surface area contributed by atoms with Crippen LogP contribution in [0.25, 0.3) is 0 Å². The third-order valence-corrected chi connectivity index (χ3v) is 3.54. The van der Waals surface area contributed by atoms with Gasteiger partial charge in [0.15, 0.2) is 5.69 Å². The molecule has 1 heterocycles. The highest BCUT2D eigenvalue weighted by atomic mass is 32.2. The van der Waals surface area contributed by atoms with Gasteiger partial charge in [-0.05, 0) is 24.9 Å². The summed E-state index contributed by atoms with van der Waals surface area (Å²) < 4.78 is 11.6. The van der Waals surface area contributed by atoms with E-state index in [0.29, 0.717) is 12.3 Å². The number of carbonyl (C=O) groups excluding carboxylic acids is 1. The molecule has 1 aromatic heterocycles. The Morgan fingerprint density at radius 3 is 2.89 bits per heavy atom. The van der Waals surface area contributed by atoms with E-state index in [-0.39, 0.29) is 6.61 Å². The second kappa shape index (κ2) is 8.92. The maximum atomic E-state index is 11.7. The van der Waals surface area contributed by atoms with E-state index >= 15 is 0 Å². The number of aryl methyl sites for hydroxylation is 1. The largest absolute Gasteiger partial charge is 0.458 e. The highest BCUT2D eigenvalue weighted by Crippen LogP contribution is 2.08. The van der Waals surface area contributed by atoms with Crippen molar-refractivity contribution in [1.82, 2.24) is 15.0 Å². The van der Waals surface area contributed by atoms with Gasteiger partial charge < -0.3 is 9.47 Å². The summed E-state index contributed by atoms with van der Waals surface area (Å²) in [6, 6.07) is 0. The molecule has 1 rings (SSSR count). The highest BCUT2D eigenvalue weighted by Gasteiger charge is 2.17. The molecule has 19 heavy (non-hydrogen) atoms. The van der Waals surface area contributed by atoms with Crippen LogP contribution in [-0.2, 0) is 16.0 Å². The molecule has 7 heteroatoms. The van der Waals surface area contributed by atoms with Crippen LogP contribution in [-0.4, -0.2) is 52.8 Å². The van der Waals surface area contributed by atoms with E-state index in [9.17, 15) is 4.79 Å². The van der Waals surface area contributed by atoms with Crippen molar-refractivity contribution in [3.63, 3.8) is 0 Å². The van der Waals surface area contributed by atoms with E-state index in [4.69, 9.17) is 9.47 Å². The van der Waals surface area contributed by atoms with Crippen LogP contribution < -0.4 is 0 Å². The first-order valence-electron chi connectivity index (χ1n) is 6.34. The van der Waals surface area contributed by atoms with Crippen LogP contribution in [0.2, 0.25) is 0 Å². The first kappa shape index (κ1) is 16.0. The van der Waals surface area contributed by atoms with Crippen molar-refractivity contribution in [3.8, 4) is 0 Å². The molecule has 1 aromatic rings. The number of methoxy groups -OCH3 is 1. The summed E-state index contributed by atoms with van der Waals surface area (Å²) in [4.78, 5) is 11.7. The van der Waals surface area contributed by atoms with Gasteiger partial charge in [-0.2, -0.15) is 11.8 Å². The number of rotatable bonds is 9. The summed E-state index contributed by atoms with van der Waals surface area (Å²) in [5.74, 6) is 1.76. The highest BCUT2D eigenvalue weighted by molar-refractivity contribution is 7.99. The van der Waals surface area contributed by atoms with Gasteiger partial charge in [-0.1, -0.05) is 12.1 Å². The molecule has 0 radical (unpaired) electrons. The summed E-state index contributed by atoms with van der Waals surface area (Å²) in [5.41, 5.74) is 1.04. The maximum Gasteiger partial charge on any atom is 0.360 e. The smallest absolute Gasteiger partial charge is 0.360 e. The zero-order chi connectivity index (χ0) is 14.1. The molecule has 0 spiro atoms. The second-order valence-electron chi connectivity index (χ2n) is 3.93. The van der Waals surface area contributed by atoms with Gasteiger partial charge in [0, 0.05) is 13.7 Å². The van der Waals surface area contributed by atoms with Crippen molar-refractivity contribution in [1.29, 1.82) is 0 Å². The van der Waals surface area contributed by atoms with Crippen molar-refractivity contribution < 1.29 is 14.3 Å². The van der Waals surface area contributed by atoms with Gasteiger partial charge in [0.05, 0.1) is 12.3 Å². The van der Waals surface area contributed by atoms with Gasteiger partial charge in [0.1, 0.15) is 6.61 Å². The third kappa shape index (κ3) is 5.20. The van der Waals surface area contributed by atoms with Gasteiger partial charge in [0.2, 0.25) is 0 Å². The first-order chi connectivity index (χ1) is 9.20. The number of hydrogen-bond donors (Lipinski definition) is 0. The summed E-state index contributed by atoms with van der Waals surface area (Å²) in [6.07, 6.45) is 1.01. The average molecular weight is 287 g/mol. The Morgan fingerprint density at radius 2 is 2.21 bits per heavy atom. The lowest BCUT2D eigenvalue weighted by Crippen LogP contribution is -2.12. The Hall–Kier alpha value is -1.08. The lowest BCUT2D eigenvalue weighted by atomic mass is 10.3. The monoisotopic (exact) mass is 287 g/mol. The van der Waals surface area contributed by atoms with Gasteiger partial charge >= 0.3 is 5.97 Å². The van der Waals surface area contributed by atoms with Gasteiger partial charge in [0.25, 0.3) is 0 Å². The molecular formula is C12H21N3O3S. The van der Waals surface area contributed by atoms with Crippen LogP contribution in [0.5, 0.6) is 0 Å². The van der Waals surface area contributed by atoms with Crippen LogP contribution in [0.3, 0.4) is 0 Å². The number of aromatic nitrogens is 3. The van der Waals surface area contributed by atoms with Crippen molar-refractivity contribution in [3.05, 3.63) is 11.4 Å². The molecule has 0 saturated carbocycles. The summed E-state index contributed by atoms with van der Waals surface area (Å²) >= 11 is 1.89. The lowest BCUT2D eigenvalue weighted by molar-refractivity contribution is 0.0380. The van der Waals surface area contributed by atoms with Crippen LogP contribution in [0.15, 0.2) is 0 Å². The predicted molar refractivity (Wildman–Crippen MR) is 74.5 cm³/mol. The molecule has 0 aliphatic rings. The maximum absolute atomic E-state index is 11.7. The number of hydrogen-bond acceptors (Lipinski definition) is 6. The van der Waals surface area contributed by atoms with Crippen molar-refractivity contribution >= 4 is 17.7 Å². The number of thioether (sulfide) groups is 1. The fourth-order valence-corrected chi connectivity index (χ4v) is 2.13. The summed E-state index contributed by atoms with van der Waals surface area (Å²) in [7, 11) is 1.56. The van der Waals surface area contributed by atoms with Gasteiger partial charge in [-0.3, -0.25) is 0 Å². The molecule has 0 unspecified atom stereocenters. The number of carbonyl (C=O) groups is 1. The Balaban J connectivity index is 2.47. The average Bonchev–Trinajstić information content (AvgIpc) is 2.76. The SMILES string of the molecule is CCSCCCn1nnc(C(=O)OCCOC)c1C. The van der Waals surface area contributed by atoms with E-state index in [2.05, 4.69) is 17.2 Å². The first-order valence-corrected chi connectivity index (χ1v) is 7.50. The molecular weight excluding hydrogens is 266 g/mol. The van der Waals surface area contributed by atoms with Crippen LogP contribution >= 0.6 is 11.8 Å². The standard InChI is InChI=1S/C12H21N3O3S/c1-4-19-9-5-6-15-10(2)11(13-14-15)12(16)18-8-7-17-3/h4-9H2,1-3H3. The molecule has 0 amide bonds. The number of nitrogens with zero attached hydrogens (tertiary/aromatic N) is 3. The molecule has 0 atom stereocenters. The van der Waals surface area contributed by atoms with E-state index < -0.39 is 5.97 Å². The second-order valence-corrected chi connectivity index (χ2v) is 5.32. The number of esters is 1. The lowest BCUT2D eigenvalue weighted by Gasteiger charge is -2.04. The third-order valence-electron chi connectivity index (χ3n) is 2.56. The summed E-state index contributed by atoms with van der Waals surface area (Å²) in [6.45, 7) is 5.36. The normalized spacial score (nSPS) is 10.7. The zero-order valence-electron chi connectivity index (χ0n) is 11.7. The predicted octanol–water partition coefficient (Wildman–Crippen LogP) is 1.53. The Kier molecular flexibility index (Phi) is 7.50. The molecule has 0 fully saturated rings. The quantitative estimate of drug-likeness (QED) is 0.507.